The first kappa shape index (κ1) is 18.4. The summed E-state index contributed by atoms with van der Waals surface area (Å²) in [4.78, 5) is 0. The predicted octanol–water partition coefficient (Wildman–Crippen LogP) is 5.95. The fraction of sp³-hybridized carbons (Fsp3) is 0.375. The summed E-state index contributed by atoms with van der Waals surface area (Å²) in [5, 5.41) is 4.75. The quantitative estimate of drug-likeness (QED) is 0.722. The minimum atomic E-state index is 0. The smallest absolute Gasteiger partial charge is 0.135 e. The van der Waals surface area contributed by atoms with Crippen molar-refractivity contribution in [2.75, 3.05) is 0 Å². The predicted molar refractivity (Wildman–Crippen MR) is 92.6 cm³/mol. The van der Waals surface area contributed by atoms with Gasteiger partial charge in [-0.3, -0.25) is 0 Å². The van der Waals surface area contributed by atoms with Crippen LogP contribution in [0, 0.1) is 0 Å². The second-order valence-electron chi connectivity index (χ2n) is 5.48. The molecule has 0 fully saturated rings. The van der Waals surface area contributed by atoms with E-state index in [0.29, 0.717) is 16.6 Å². The van der Waals surface area contributed by atoms with Crippen LogP contribution in [0.15, 0.2) is 34.7 Å². The fourth-order valence-electron chi connectivity index (χ4n) is 1.76. The van der Waals surface area contributed by atoms with Crippen LogP contribution in [0.3, 0.4) is 0 Å². The van der Waals surface area contributed by atoms with Crippen LogP contribution >= 0.6 is 35.6 Å². The number of nitrogens with one attached hydrogen (secondary N) is 1. The first-order chi connectivity index (χ1) is 9.41. The third kappa shape index (κ3) is 4.93. The Morgan fingerprint density at radius 1 is 1.14 bits per heavy atom. The van der Waals surface area contributed by atoms with Crippen LogP contribution in [-0.4, -0.2) is 5.54 Å². The molecule has 0 unspecified atom stereocenters. The molecule has 1 N–H and O–H groups in total. The highest BCUT2D eigenvalue weighted by Gasteiger charge is 2.15. The van der Waals surface area contributed by atoms with Crippen molar-refractivity contribution in [1.82, 2.24) is 5.32 Å². The molecule has 0 saturated carbocycles. The number of hydrogen-bond donors (Lipinski definition) is 1. The van der Waals surface area contributed by atoms with Gasteiger partial charge in [0.15, 0.2) is 0 Å². The lowest BCUT2D eigenvalue weighted by Gasteiger charge is -2.23. The molecule has 0 saturated heterocycles. The highest BCUT2D eigenvalue weighted by atomic mass is 35.5. The maximum Gasteiger partial charge on any atom is 0.135 e. The van der Waals surface area contributed by atoms with Crippen LogP contribution < -0.4 is 5.32 Å². The normalized spacial score (nSPS) is 11.3. The molecule has 116 valence electrons. The molecule has 0 spiro atoms. The number of furan rings is 1. The van der Waals surface area contributed by atoms with Crippen molar-refractivity contribution in [3.63, 3.8) is 0 Å². The van der Waals surface area contributed by atoms with Gasteiger partial charge in [0, 0.05) is 16.1 Å². The van der Waals surface area contributed by atoms with E-state index in [1.807, 2.05) is 18.2 Å². The van der Waals surface area contributed by atoms with E-state index in [4.69, 9.17) is 27.6 Å². The summed E-state index contributed by atoms with van der Waals surface area (Å²) in [6.45, 7) is 7.20. The van der Waals surface area contributed by atoms with E-state index in [0.717, 1.165) is 23.5 Å². The van der Waals surface area contributed by atoms with Gasteiger partial charge in [0.1, 0.15) is 11.5 Å². The molecule has 1 aromatic heterocycles. The molecule has 0 atom stereocenters. The zero-order valence-corrected chi connectivity index (χ0v) is 14.7. The van der Waals surface area contributed by atoms with E-state index in [2.05, 4.69) is 26.1 Å². The first-order valence-electron chi connectivity index (χ1n) is 6.70. The zero-order chi connectivity index (χ0) is 14.8. The lowest BCUT2D eigenvalue weighted by atomic mass is 10.0. The molecule has 0 aliphatic heterocycles. The molecule has 0 bridgehead atoms. The molecule has 5 heteroatoms. The molecule has 2 rings (SSSR count). The van der Waals surface area contributed by atoms with Crippen molar-refractivity contribution in [2.24, 2.45) is 0 Å². The number of hydrogen-bond acceptors (Lipinski definition) is 2. The summed E-state index contributed by atoms with van der Waals surface area (Å²) >= 11 is 12.2. The number of halogens is 3. The van der Waals surface area contributed by atoms with Gasteiger partial charge in [0.25, 0.3) is 0 Å². The summed E-state index contributed by atoms with van der Waals surface area (Å²) in [7, 11) is 0. The molecule has 0 aliphatic carbocycles. The third-order valence-electron chi connectivity index (χ3n) is 3.48. The van der Waals surface area contributed by atoms with E-state index in [1.165, 1.54) is 0 Å². The molecule has 2 aromatic rings. The Morgan fingerprint density at radius 2 is 1.86 bits per heavy atom. The van der Waals surface area contributed by atoms with Gasteiger partial charge in [-0.1, -0.05) is 30.1 Å². The van der Waals surface area contributed by atoms with Gasteiger partial charge in [-0.05, 0) is 50.6 Å². The standard InChI is InChI=1S/C16H19Cl2NO.ClH/c1-4-16(2,3)19-10-12-6-8-15(20-12)13-9-11(17)5-7-14(13)18;/h5-9,19H,4,10H2,1-3H3;1H. The molecule has 0 radical (unpaired) electrons. The van der Waals surface area contributed by atoms with Crippen LogP contribution in [0.25, 0.3) is 11.3 Å². The van der Waals surface area contributed by atoms with Crippen LogP contribution in [0.5, 0.6) is 0 Å². The van der Waals surface area contributed by atoms with Crippen LogP contribution in [-0.2, 0) is 6.54 Å². The summed E-state index contributed by atoms with van der Waals surface area (Å²) in [5.41, 5.74) is 0.917. The van der Waals surface area contributed by atoms with Crippen LogP contribution in [0.1, 0.15) is 33.0 Å². The van der Waals surface area contributed by atoms with Crippen molar-refractivity contribution in [3.8, 4) is 11.3 Å². The molecule has 2 nitrogen and oxygen atoms in total. The summed E-state index contributed by atoms with van der Waals surface area (Å²) in [6, 6.07) is 9.25. The van der Waals surface area contributed by atoms with Gasteiger partial charge in [0.05, 0.1) is 11.6 Å². The molecule has 1 aromatic carbocycles. The van der Waals surface area contributed by atoms with E-state index in [1.54, 1.807) is 12.1 Å². The fourth-order valence-corrected chi connectivity index (χ4v) is 2.14. The van der Waals surface area contributed by atoms with E-state index < -0.39 is 0 Å². The Hall–Kier alpha value is -0.670. The second kappa shape index (κ2) is 7.55. The Bertz CT molecular complexity index is 593. The first-order valence-corrected chi connectivity index (χ1v) is 7.46. The largest absolute Gasteiger partial charge is 0.460 e. The van der Waals surface area contributed by atoms with Crippen molar-refractivity contribution in [3.05, 3.63) is 46.1 Å². The lowest BCUT2D eigenvalue weighted by Crippen LogP contribution is -2.37. The minimum absolute atomic E-state index is 0. The highest BCUT2D eigenvalue weighted by molar-refractivity contribution is 6.35. The van der Waals surface area contributed by atoms with Gasteiger partial charge in [-0.2, -0.15) is 0 Å². The molecule has 0 aliphatic rings. The van der Waals surface area contributed by atoms with Crippen molar-refractivity contribution >= 4 is 35.6 Å². The Kier molecular flexibility index (Phi) is 6.61. The molecule has 21 heavy (non-hydrogen) atoms. The SMILES string of the molecule is CCC(C)(C)NCc1ccc(-c2cc(Cl)ccc2Cl)o1.Cl. The topological polar surface area (TPSA) is 25.2 Å². The molecular formula is C16H20Cl3NO. The van der Waals surface area contributed by atoms with Gasteiger partial charge in [-0.25, -0.2) is 0 Å². The third-order valence-corrected chi connectivity index (χ3v) is 4.05. The average molecular weight is 349 g/mol. The summed E-state index contributed by atoms with van der Waals surface area (Å²) in [6.07, 6.45) is 1.06. The molecular weight excluding hydrogens is 329 g/mol. The van der Waals surface area contributed by atoms with Crippen molar-refractivity contribution < 1.29 is 4.42 Å². The lowest BCUT2D eigenvalue weighted by molar-refractivity contribution is 0.353. The summed E-state index contributed by atoms with van der Waals surface area (Å²) < 4.78 is 5.84. The number of rotatable bonds is 5. The maximum atomic E-state index is 6.18. The van der Waals surface area contributed by atoms with E-state index in [-0.39, 0.29) is 17.9 Å². The van der Waals surface area contributed by atoms with Gasteiger partial charge >= 0.3 is 0 Å². The van der Waals surface area contributed by atoms with E-state index >= 15 is 0 Å². The second-order valence-corrected chi connectivity index (χ2v) is 6.32. The number of benzene rings is 1. The van der Waals surface area contributed by atoms with Crippen molar-refractivity contribution in [2.45, 2.75) is 39.3 Å². The van der Waals surface area contributed by atoms with Crippen LogP contribution in [0.4, 0.5) is 0 Å². The van der Waals surface area contributed by atoms with Gasteiger partial charge in [0.2, 0.25) is 0 Å². The Morgan fingerprint density at radius 3 is 2.52 bits per heavy atom. The van der Waals surface area contributed by atoms with Crippen molar-refractivity contribution in [1.29, 1.82) is 0 Å². The van der Waals surface area contributed by atoms with Gasteiger partial charge < -0.3 is 9.73 Å². The Balaban J connectivity index is 0.00000220. The minimum Gasteiger partial charge on any atom is -0.460 e. The monoisotopic (exact) mass is 347 g/mol. The molecule has 1 heterocycles. The maximum absolute atomic E-state index is 6.18. The average Bonchev–Trinajstić information content (AvgIpc) is 2.88. The Labute approximate surface area is 142 Å². The van der Waals surface area contributed by atoms with Crippen LogP contribution in [0.2, 0.25) is 10.0 Å². The summed E-state index contributed by atoms with van der Waals surface area (Å²) in [5.74, 6) is 1.63. The highest BCUT2D eigenvalue weighted by Crippen LogP contribution is 2.31. The molecule has 0 amide bonds. The zero-order valence-electron chi connectivity index (χ0n) is 12.4. The van der Waals surface area contributed by atoms with E-state index in [9.17, 15) is 0 Å². The van der Waals surface area contributed by atoms with Gasteiger partial charge in [-0.15, -0.1) is 12.4 Å².